The van der Waals surface area contributed by atoms with Crippen LogP contribution in [0.2, 0.25) is 5.15 Å². The molecule has 0 radical (unpaired) electrons. The van der Waals surface area contributed by atoms with Crippen molar-refractivity contribution in [3.05, 3.63) is 23.0 Å². The van der Waals surface area contributed by atoms with Crippen LogP contribution in [0.1, 0.15) is 5.56 Å². The van der Waals surface area contributed by atoms with Crippen molar-refractivity contribution in [1.29, 1.82) is 0 Å². The van der Waals surface area contributed by atoms with E-state index in [2.05, 4.69) is 4.98 Å². The summed E-state index contributed by atoms with van der Waals surface area (Å²) < 4.78 is 5.01. The topological polar surface area (TPSA) is 48.1 Å². The van der Waals surface area contributed by atoms with Gasteiger partial charge >= 0.3 is 0 Å². The first-order valence-electron chi connectivity index (χ1n) is 3.17. The molecule has 1 aromatic heterocycles. The van der Waals surface area contributed by atoms with Crippen LogP contribution in [0.25, 0.3) is 0 Å². The van der Waals surface area contributed by atoms with Crippen LogP contribution in [-0.4, -0.2) is 12.1 Å². The predicted octanol–water partition coefficient (Wildman–Crippen LogP) is 1.20. The number of halogens is 1. The zero-order chi connectivity index (χ0) is 8.27. The minimum atomic E-state index is 0.343. The van der Waals surface area contributed by atoms with E-state index in [9.17, 15) is 0 Å². The molecule has 2 N–H and O–H groups in total. The Bertz CT molecular complexity index is 252. The number of hydrogen-bond acceptors (Lipinski definition) is 3. The van der Waals surface area contributed by atoms with Gasteiger partial charge in [0.05, 0.1) is 7.11 Å². The third kappa shape index (κ3) is 1.61. The monoisotopic (exact) mass is 172 g/mol. The predicted molar refractivity (Wildman–Crippen MR) is 43.7 cm³/mol. The summed E-state index contributed by atoms with van der Waals surface area (Å²) in [4.78, 5) is 3.86. The fourth-order valence-electron chi connectivity index (χ4n) is 0.827. The SMILES string of the molecule is COc1ccnc(Cl)c1CN. The normalized spacial score (nSPS) is 9.73. The van der Waals surface area contributed by atoms with E-state index in [1.165, 1.54) is 0 Å². The average Bonchev–Trinajstić information content (AvgIpc) is 2.04. The number of ether oxygens (including phenoxy) is 1. The molecule has 0 aromatic carbocycles. The quantitative estimate of drug-likeness (QED) is 0.682. The largest absolute Gasteiger partial charge is 0.496 e. The highest BCUT2D eigenvalue weighted by molar-refractivity contribution is 6.30. The Balaban J connectivity index is 3.13. The molecule has 0 atom stereocenters. The maximum Gasteiger partial charge on any atom is 0.137 e. The van der Waals surface area contributed by atoms with Crippen molar-refractivity contribution in [2.45, 2.75) is 6.54 Å². The van der Waals surface area contributed by atoms with Crippen molar-refractivity contribution in [3.8, 4) is 5.75 Å². The number of rotatable bonds is 2. The van der Waals surface area contributed by atoms with Gasteiger partial charge in [0.2, 0.25) is 0 Å². The van der Waals surface area contributed by atoms with E-state index in [4.69, 9.17) is 22.1 Å². The molecule has 0 aliphatic heterocycles. The Labute approximate surface area is 70.1 Å². The molecule has 1 heterocycles. The second-order valence-electron chi connectivity index (χ2n) is 1.99. The molecule has 0 aliphatic carbocycles. The van der Waals surface area contributed by atoms with E-state index in [1.54, 1.807) is 19.4 Å². The molecule has 0 saturated heterocycles. The van der Waals surface area contributed by atoms with E-state index >= 15 is 0 Å². The van der Waals surface area contributed by atoms with Gasteiger partial charge in [-0.3, -0.25) is 0 Å². The van der Waals surface area contributed by atoms with Crippen LogP contribution in [-0.2, 0) is 6.54 Å². The maximum absolute atomic E-state index is 5.74. The summed E-state index contributed by atoms with van der Waals surface area (Å²) in [5.74, 6) is 0.688. The summed E-state index contributed by atoms with van der Waals surface area (Å²) in [5.41, 5.74) is 6.17. The van der Waals surface area contributed by atoms with E-state index < -0.39 is 0 Å². The highest BCUT2D eigenvalue weighted by atomic mass is 35.5. The highest BCUT2D eigenvalue weighted by Crippen LogP contribution is 2.22. The van der Waals surface area contributed by atoms with Gasteiger partial charge < -0.3 is 10.5 Å². The summed E-state index contributed by atoms with van der Waals surface area (Å²) in [7, 11) is 1.57. The lowest BCUT2D eigenvalue weighted by atomic mass is 10.2. The molecular formula is C7H9ClN2O. The number of methoxy groups -OCH3 is 1. The van der Waals surface area contributed by atoms with Crippen molar-refractivity contribution in [3.63, 3.8) is 0 Å². The van der Waals surface area contributed by atoms with Crippen molar-refractivity contribution >= 4 is 11.6 Å². The van der Waals surface area contributed by atoms with Gasteiger partial charge in [0, 0.05) is 18.3 Å². The molecule has 3 nitrogen and oxygen atoms in total. The number of aromatic nitrogens is 1. The number of hydrogen-bond donors (Lipinski definition) is 1. The minimum absolute atomic E-state index is 0.343. The van der Waals surface area contributed by atoms with E-state index in [1.807, 2.05) is 0 Å². The molecular weight excluding hydrogens is 164 g/mol. The summed E-state index contributed by atoms with van der Waals surface area (Å²) >= 11 is 5.74. The molecule has 60 valence electrons. The van der Waals surface area contributed by atoms with Gasteiger partial charge in [0.15, 0.2) is 0 Å². The second-order valence-corrected chi connectivity index (χ2v) is 2.34. The molecule has 0 amide bonds. The number of nitrogens with two attached hydrogens (primary N) is 1. The van der Waals surface area contributed by atoms with Crippen LogP contribution < -0.4 is 10.5 Å². The molecule has 1 aromatic rings. The number of pyridine rings is 1. The standard InChI is InChI=1S/C7H9ClN2O/c1-11-6-2-3-10-7(8)5(6)4-9/h2-3H,4,9H2,1H3. The first kappa shape index (κ1) is 8.30. The first-order valence-corrected chi connectivity index (χ1v) is 3.54. The zero-order valence-electron chi connectivity index (χ0n) is 6.17. The summed E-state index contributed by atoms with van der Waals surface area (Å²) in [6, 6.07) is 1.73. The van der Waals surface area contributed by atoms with Gasteiger partial charge in [-0.1, -0.05) is 11.6 Å². The first-order chi connectivity index (χ1) is 5.29. The fourth-order valence-corrected chi connectivity index (χ4v) is 1.05. The summed E-state index contributed by atoms with van der Waals surface area (Å²) in [6.45, 7) is 0.343. The van der Waals surface area contributed by atoms with E-state index in [-0.39, 0.29) is 0 Å². The molecule has 0 spiro atoms. The van der Waals surface area contributed by atoms with E-state index in [0.717, 1.165) is 5.56 Å². The van der Waals surface area contributed by atoms with Crippen molar-refractivity contribution in [2.75, 3.05) is 7.11 Å². The molecule has 1 rings (SSSR count). The lowest BCUT2D eigenvalue weighted by Crippen LogP contribution is -2.01. The van der Waals surface area contributed by atoms with Gasteiger partial charge in [0.1, 0.15) is 10.9 Å². The Morgan fingerprint density at radius 3 is 2.91 bits per heavy atom. The Kier molecular flexibility index (Phi) is 2.68. The van der Waals surface area contributed by atoms with Crippen molar-refractivity contribution in [1.82, 2.24) is 4.98 Å². The summed E-state index contributed by atoms with van der Waals surface area (Å²) in [6.07, 6.45) is 1.58. The molecule has 0 saturated carbocycles. The van der Waals surface area contributed by atoms with Crippen LogP contribution in [0.15, 0.2) is 12.3 Å². The Hall–Kier alpha value is -0.800. The van der Waals surface area contributed by atoms with Crippen molar-refractivity contribution in [2.24, 2.45) is 5.73 Å². The van der Waals surface area contributed by atoms with Crippen molar-refractivity contribution < 1.29 is 4.74 Å². The molecule has 4 heteroatoms. The lowest BCUT2D eigenvalue weighted by Gasteiger charge is -2.05. The zero-order valence-corrected chi connectivity index (χ0v) is 6.93. The number of nitrogens with zero attached hydrogens (tertiary/aromatic N) is 1. The lowest BCUT2D eigenvalue weighted by molar-refractivity contribution is 0.409. The highest BCUT2D eigenvalue weighted by Gasteiger charge is 2.05. The Morgan fingerprint density at radius 2 is 2.45 bits per heavy atom. The average molecular weight is 173 g/mol. The van der Waals surface area contributed by atoms with Crippen LogP contribution in [0, 0.1) is 0 Å². The third-order valence-electron chi connectivity index (χ3n) is 1.38. The fraction of sp³-hybridized carbons (Fsp3) is 0.286. The smallest absolute Gasteiger partial charge is 0.137 e. The Morgan fingerprint density at radius 1 is 1.73 bits per heavy atom. The molecule has 11 heavy (non-hydrogen) atoms. The van der Waals surface area contributed by atoms with Gasteiger partial charge in [-0.2, -0.15) is 0 Å². The van der Waals surface area contributed by atoms with Gasteiger partial charge in [-0.05, 0) is 6.07 Å². The molecule has 0 bridgehead atoms. The molecule has 0 fully saturated rings. The minimum Gasteiger partial charge on any atom is -0.496 e. The van der Waals surface area contributed by atoms with Gasteiger partial charge in [-0.25, -0.2) is 4.98 Å². The van der Waals surface area contributed by atoms with Crippen LogP contribution in [0.5, 0.6) is 5.75 Å². The van der Waals surface area contributed by atoms with Gasteiger partial charge in [-0.15, -0.1) is 0 Å². The maximum atomic E-state index is 5.74. The van der Waals surface area contributed by atoms with Crippen LogP contribution in [0.4, 0.5) is 0 Å². The van der Waals surface area contributed by atoms with Crippen LogP contribution >= 0.6 is 11.6 Å². The van der Waals surface area contributed by atoms with Gasteiger partial charge in [0.25, 0.3) is 0 Å². The van der Waals surface area contributed by atoms with Crippen LogP contribution in [0.3, 0.4) is 0 Å². The van der Waals surface area contributed by atoms with E-state index in [0.29, 0.717) is 17.4 Å². The molecule has 0 unspecified atom stereocenters. The second kappa shape index (κ2) is 3.55. The summed E-state index contributed by atoms with van der Waals surface area (Å²) in [5, 5.41) is 0.409. The third-order valence-corrected chi connectivity index (χ3v) is 1.71. The molecule has 0 aliphatic rings.